The molecule has 6 nitrogen and oxygen atoms in total. The van der Waals surface area contributed by atoms with Crippen molar-refractivity contribution in [2.75, 3.05) is 10.2 Å². The van der Waals surface area contributed by atoms with Crippen LogP contribution in [-0.2, 0) is 0 Å². The van der Waals surface area contributed by atoms with Gasteiger partial charge in [0.25, 0.3) is 17.7 Å². The zero-order chi connectivity index (χ0) is 23.1. The van der Waals surface area contributed by atoms with E-state index in [4.69, 9.17) is 0 Å². The number of nitrogens with one attached hydrogen (secondary N) is 1. The normalized spacial score (nSPS) is 13.9. The highest BCUT2D eigenvalue weighted by Gasteiger charge is 2.36. The highest BCUT2D eigenvalue weighted by molar-refractivity contribution is 7.22. The Morgan fingerprint density at radius 1 is 1.00 bits per heavy atom. The topological polar surface area (TPSA) is 79.4 Å². The number of thiazole rings is 1. The molecule has 0 spiro atoms. The third-order valence-electron chi connectivity index (χ3n) is 6.00. The van der Waals surface area contributed by atoms with Crippen molar-refractivity contribution in [3.8, 4) is 0 Å². The number of benzene rings is 3. The molecule has 0 aliphatic carbocycles. The van der Waals surface area contributed by atoms with E-state index in [0.717, 1.165) is 21.5 Å². The monoisotopic (exact) mass is 455 g/mol. The summed E-state index contributed by atoms with van der Waals surface area (Å²) in [6, 6.07) is 19.4. The number of fused-ring (bicyclic) bond motifs is 2. The Bertz CT molecular complexity index is 1370. The molecule has 0 radical (unpaired) electrons. The molecule has 2 heterocycles. The van der Waals surface area contributed by atoms with Crippen LogP contribution in [0.25, 0.3) is 10.2 Å². The third-order valence-corrected chi connectivity index (χ3v) is 6.93. The molecule has 1 aliphatic rings. The Balaban J connectivity index is 1.33. The van der Waals surface area contributed by atoms with Gasteiger partial charge < -0.3 is 0 Å². The summed E-state index contributed by atoms with van der Waals surface area (Å²) in [5.74, 6) is -0.557. The van der Waals surface area contributed by atoms with Gasteiger partial charge in [0.15, 0.2) is 5.13 Å². The molecule has 0 saturated carbocycles. The molecule has 1 unspecified atom stereocenters. The predicted molar refractivity (Wildman–Crippen MR) is 130 cm³/mol. The van der Waals surface area contributed by atoms with Gasteiger partial charge >= 0.3 is 0 Å². The van der Waals surface area contributed by atoms with Gasteiger partial charge in [0.2, 0.25) is 0 Å². The zero-order valence-corrected chi connectivity index (χ0v) is 19.0. The van der Waals surface area contributed by atoms with Crippen LogP contribution in [0.15, 0.2) is 66.7 Å². The Morgan fingerprint density at radius 2 is 1.67 bits per heavy atom. The molecule has 4 aromatic rings. The summed E-state index contributed by atoms with van der Waals surface area (Å²) in [6.07, 6.45) is 1.06. The van der Waals surface area contributed by atoms with Gasteiger partial charge in [0.1, 0.15) is 0 Å². The summed E-state index contributed by atoms with van der Waals surface area (Å²) < 4.78 is 1.03. The van der Waals surface area contributed by atoms with Crippen LogP contribution in [0.4, 0.5) is 10.8 Å². The molecule has 5 rings (SSSR count). The fourth-order valence-electron chi connectivity index (χ4n) is 3.89. The molecule has 0 bridgehead atoms. The second-order valence-electron chi connectivity index (χ2n) is 8.05. The summed E-state index contributed by atoms with van der Waals surface area (Å²) in [4.78, 5) is 43.7. The molecule has 1 aromatic heterocycles. The van der Waals surface area contributed by atoms with Crippen molar-refractivity contribution in [2.24, 2.45) is 0 Å². The lowest BCUT2D eigenvalue weighted by molar-refractivity contribution is 0.0925. The van der Waals surface area contributed by atoms with E-state index in [0.29, 0.717) is 33.4 Å². The first kappa shape index (κ1) is 21.0. The standard InChI is InChI=1S/C26H21N3O3S/c1-3-15(2)17-10-13-21-22(14-17)33-26(27-21)28-23(30)16-8-11-18(12-9-16)29-24(31)19-6-4-5-7-20(19)25(29)32/h4-15H,3H2,1-2H3,(H,27,28,30). The van der Waals surface area contributed by atoms with Gasteiger partial charge in [0.05, 0.1) is 27.0 Å². The van der Waals surface area contributed by atoms with Crippen molar-refractivity contribution in [2.45, 2.75) is 26.2 Å². The molecule has 1 atom stereocenters. The summed E-state index contributed by atoms with van der Waals surface area (Å²) in [6.45, 7) is 4.35. The van der Waals surface area contributed by atoms with Crippen molar-refractivity contribution in [1.82, 2.24) is 4.98 Å². The Morgan fingerprint density at radius 3 is 2.30 bits per heavy atom. The molecule has 3 amide bonds. The van der Waals surface area contributed by atoms with E-state index < -0.39 is 0 Å². The Kier molecular flexibility index (Phi) is 5.26. The third kappa shape index (κ3) is 3.70. The van der Waals surface area contributed by atoms with E-state index in [2.05, 4.69) is 36.3 Å². The predicted octanol–water partition coefficient (Wildman–Crippen LogP) is 5.86. The number of amides is 3. The van der Waals surface area contributed by atoms with Crippen LogP contribution in [0, 0.1) is 0 Å². The van der Waals surface area contributed by atoms with Crippen LogP contribution < -0.4 is 10.2 Å². The Hall–Kier alpha value is -3.84. The Labute approximate surface area is 194 Å². The minimum atomic E-state index is -0.362. The maximum Gasteiger partial charge on any atom is 0.266 e. The fraction of sp³-hybridized carbons (Fsp3) is 0.154. The molecule has 164 valence electrons. The maximum absolute atomic E-state index is 12.8. The average molecular weight is 456 g/mol. The van der Waals surface area contributed by atoms with Gasteiger partial charge in [-0.25, -0.2) is 9.88 Å². The first-order valence-corrected chi connectivity index (χ1v) is 11.6. The van der Waals surface area contributed by atoms with Crippen molar-refractivity contribution in [3.05, 3.63) is 89.0 Å². The van der Waals surface area contributed by atoms with E-state index in [-0.39, 0.29) is 17.7 Å². The largest absolute Gasteiger partial charge is 0.298 e. The number of anilines is 2. The number of imide groups is 1. The van der Waals surface area contributed by atoms with Crippen LogP contribution in [0.2, 0.25) is 0 Å². The van der Waals surface area contributed by atoms with E-state index in [9.17, 15) is 14.4 Å². The van der Waals surface area contributed by atoms with Crippen molar-refractivity contribution in [3.63, 3.8) is 0 Å². The second kappa shape index (κ2) is 8.26. The lowest BCUT2D eigenvalue weighted by Gasteiger charge is -2.14. The number of rotatable bonds is 5. The summed E-state index contributed by atoms with van der Waals surface area (Å²) >= 11 is 1.44. The van der Waals surface area contributed by atoms with Crippen molar-refractivity contribution in [1.29, 1.82) is 0 Å². The van der Waals surface area contributed by atoms with Crippen LogP contribution in [-0.4, -0.2) is 22.7 Å². The number of hydrogen-bond donors (Lipinski definition) is 1. The quantitative estimate of drug-likeness (QED) is 0.382. The van der Waals surface area contributed by atoms with Gasteiger partial charge in [-0.3, -0.25) is 19.7 Å². The van der Waals surface area contributed by atoms with E-state index >= 15 is 0 Å². The molecule has 0 fully saturated rings. The first-order valence-electron chi connectivity index (χ1n) is 10.8. The molecule has 0 saturated heterocycles. The molecular weight excluding hydrogens is 434 g/mol. The molecular formula is C26H21N3O3S. The highest BCUT2D eigenvalue weighted by Crippen LogP contribution is 2.31. The summed E-state index contributed by atoms with van der Waals surface area (Å²) in [5, 5.41) is 3.38. The number of hydrogen-bond acceptors (Lipinski definition) is 5. The van der Waals surface area contributed by atoms with Crippen molar-refractivity contribution < 1.29 is 14.4 Å². The summed E-state index contributed by atoms with van der Waals surface area (Å²) in [5.41, 5.74) is 3.72. The van der Waals surface area contributed by atoms with Crippen molar-refractivity contribution >= 4 is 50.1 Å². The van der Waals surface area contributed by atoms with Gasteiger partial charge in [-0.15, -0.1) is 0 Å². The van der Waals surface area contributed by atoms with Gasteiger partial charge in [-0.05, 0) is 66.4 Å². The fourth-order valence-corrected chi connectivity index (χ4v) is 4.80. The average Bonchev–Trinajstić information content (AvgIpc) is 3.36. The van der Waals surface area contributed by atoms with E-state index in [1.807, 2.05) is 6.07 Å². The minimum absolute atomic E-state index is 0.301. The highest BCUT2D eigenvalue weighted by atomic mass is 32.1. The molecule has 3 aromatic carbocycles. The van der Waals surface area contributed by atoms with Crippen LogP contribution in [0.1, 0.15) is 62.8 Å². The minimum Gasteiger partial charge on any atom is -0.298 e. The SMILES string of the molecule is CCC(C)c1ccc2nc(NC(=O)c3ccc(N4C(=O)c5ccccc5C4=O)cc3)sc2c1. The molecule has 1 N–H and O–H groups in total. The van der Waals surface area contributed by atoms with Gasteiger partial charge in [0, 0.05) is 5.56 Å². The van der Waals surface area contributed by atoms with Crippen LogP contribution in [0.3, 0.4) is 0 Å². The van der Waals surface area contributed by atoms with Gasteiger partial charge in [-0.2, -0.15) is 0 Å². The molecule has 1 aliphatic heterocycles. The van der Waals surface area contributed by atoms with Crippen LogP contribution in [0.5, 0.6) is 0 Å². The number of nitrogens with zero attached hydrogens (tertiary/aromatic N) is 2. The number of carbonyl (C=O) groups excluding carboxylic acids is 3. The molecule has 7 heteroatoms. The molecule has 33 heavy (non-hydrogen) atoms. The van der Waals surface area contributed by atoms with E-state index in [1.54, 1.807) is 48.5 Å². The zero-order valence-electron chi connectivity index (χ0n) is 18.2. The van der Waals surface area contributed by atoms with E-state index in [1.165, 1.54) is 16.9 Å². The summed E-state index contributed by atoms with van der Waals surface area (Å²) in [7, 11) is 0. The first-order chi connectivity index (χ1) is 16.0. The smallest absolute Gasteiger partial charge is 0.266 e. The lowest BCUT2D eigenvalue weighted by atomic mass is 9.99. The lowest BCUT2D eigenvalue weighted by Crippen LogP contribution is -2.29. The second-order valence-corrected chi connectivity index (χ2v) is 9.08. The van der Waals surface area contributed by atoms with Crippen LogP contribution >= 0.6 is 11.3 Å². The number of aromatic nitrogens is 1. The maximum atomic E-state index is 12.8. The van der Waals surface area contributed by atoms with Gasteiger partial charge in [-0.1, -0.05) is 43.4 Å². The number of carbonyl (C=O) groups is 3.